The molecule has 0 amide bonds. The van der Waals surface area contributed by atoms with Crippen LogP contribution in [0, 0.1) is 11.7 Å². The van der Waals surface area contributed by atoms with E-state index < -0.39 is 0 Å². The van der Waals surface area contributed by atoms with E-state index in [2.05, 4.69) is 43.3 Å². The fourth-order valence-electron chi connectivity index (χ4n) is 3.68. The second-order valence-electron chi connectivity index (χ2n) is 6.77. The number of hydrogen-bond acceptors (Lipinski definition) is 0. The van der Waals surface area contributed by atoms with Crippen molar-refractivity contribution < 1.29 is 4.39 Å². The van der Waals surface area contributed by atoms with Crippen LogP contribution in [0.15, 0.2) is 54.6 Å². The molecule has 0 nitrogen and oxygen atoms in total. The highest BCUT2D eigenvalue weighted by Gasteiger charge is 2.21. The van der Waals surface area contributed by atoms with E-state index in [4.69, 9.17) is 11.6 Å². The maximum Gasteiger partial charge on any atom is 0.142 e. The monoisotopic (exact) mass is 342 g/mol. The first-order chi connectivity index (χ1) is 11.7. The van der Waals surface area contributed by atoms with Crippen molar-refractivity contribution in [1.82, 2.24) is 0 Å². The lowest BCUT2D eigenvalue weighted by Crippen LogP contribution is -2.12. The summed E-state index contributed by atoms with van der Waals surface area (Å²) in [6.07, 6.45) is 10.9. The molecule has 1 saturated carbocycles. The Bertz CT molecular complexity index is 694. The van der Waals surface area contributed by atoms with Crippen molar-refractivity contribution in [1.29, 1.82) is 0 Å². The molecule has 1 aliphatic rings. The Balaban J connectivity index is 1.66. The molecule has 0 unspecified atom stereocenters. The zero-order valence-electron chi connectivity index (χ0n) is 14.1. The lowest BCUT2D eigenvalue weighted by atomic mass is 9.77. The van der Waals surface area contributed by atoms with Crippen LogP contribution in [0.25, 0.3) is 11.1 Å². The first kappa shape index (κ1) is 17.2. The summed E-state index contributed by atoms with van der Waals surface area (Å²) in [5.74, 6) is 1.16. The van der Waals surface area contributed by atoms with E-state index >= 15 is 0 Å². The third kappa shape index (κ3) is 4.08. The SMILES string of the molecule is CC=CCC1CCC(c2ccc(-c3ccc(Cl)c(F)c3)cc2)CC1. The number of hydrogen-bond donors (Lipinski definition) is 0. The van der Waals surface area contributed by atoms with E-state index in [1.165, 1.54) is 43.7 Å². The van der Waals surface area contributed by atoms with Gasteiger partial charge in [0.2, 0.25) is 0 Å². The van der Waals surface area contributed by atoms with Crippen LogP contribution in [0.4, 0.5) is 4.39 Å². The Morgan fingerprint density at radius 3 is 2.29 bits per heavy atom. The minimum atomic E-state index is -0.363. The molecular formula is C22H24ClF. The summed E-state index contributed by atoms with van der Waals surface area (Å²) in [6.45, 7) is 2.10. The van der Waals surface area contributed by atoms with Gasteiger partial charge in [0.15, 0.2) is 0 Å². The van der Waals surface area contributed by atoms with Crippen molar-refractivity contribution in [2.24, 2.45) is 5.92 Å². The molecule has 0 aliphatic heterocycles. The molecule has 0 spiro atoms. The molecule has 0 saturated heterocycles. The quantitative estimate of drug-likeness (QED) is 0.508. The van der Waals surface area contributed by atoms with Gasteiger partial charge in [0.1, 0.15) is 5.82 Å². The summed E-state index contributed by atoms with van der Waals surface area (Å²) < 4.78 is 13.6. The van der Waals surface area contributed by atoms with Crippen LogP contribution in [0.5, 0.6) is 0 Å². The van der Waals surface area contributed by atoms with Crippen LogP contribution in [-0.2, 0) is 0 Å². The van der Waals surface area contributed by atoms with E-state index in [0.29, 0.717) is 5.92 Å². The van der Waals surface area contributed by atoms with Gasteiger partial charge in [0.05, 0.1) is 5.02 Å². The molecule has 0 aromatic heterocycles. The van der Waals surface area contributed by atoms with Crippen LogP contribution in [0.1, 0.15) is 50.5 Å². The molecule has 0 atom stereocenters. The molecule has 1 aliphatic carbocycles. The minimum absolute atomic E-state index is 0.171. The van der Waals surface area contributed by atoms with Crippen molar-refractivity contribution in [3.63, 3.8) is 0 Å². The summed E-state index contributed by atoms with van der Waals surface area (Å²) in [6, 6.07) is 13.6. The second-order valence-corrected chi connectivity index (χ2v) is 7.18. The molecular weight excluding hydrogens is 319 g/mol. The molecule has 24 heavy (non-hydrogen) atoms. The minimum Gasteiger partial charge on any atom is -0.205 e. The summed E-state index contributed by atoms with van der Waals surface area (Å²) in [5.41, 5.74) is 3.33. The zero-order valence-corrected chi connectivity index (χ0v) is 14.9. The lowest BCUT2D eigenvalue weighted by Gasteiger charge is -2.28. The first-order valence-corrected chi connectivity index (χ1v) is 9.21. The predicted octanol–water partition coefficient (Wildman–Crippen LogP) is 7.39. The highest BCUT2D eigenvalue weighted by atomic mass is 35.5. The van der Waals surface area contributed by atoms with E-state index in [0.717, 1.165) is 17.0 Å². The Morgan fingerprint density at radius 2 is 1.67 bits per heavy atom. The number of halogens is 2. The van der Waals surface area contributed by atoms with Crippen LogP contribution < -0.4 is 0 Å². The molecule has 2 aromatic rings. The third-order valence-electron chi connectivity index (χ3n) is 5.19. The van der Waals surface area contributed by atoms with Crippen molar-refractivity contribution in [2.45, 2.75) is 44.9 Å². The standard InChI is InChI=1S/C22H24ClF/c1-2-3-4-16-5-7-17(8-6-16)18-9-11-19(12-10-18)20-13-14-21(23)22(24)15-20/h2-3,9-17H,4-8H2,1H3. The Hall–Kier alpha value is -1.60. The summed E-state index contributed by atoms with van der Waals surface area (Å²) in [7, 11) is 0. The number of allylic oxidation sites excluding steroid dienone is 2. The van der Waals surface area contributed by atoms with Gasteiger partial charge in [-0.05, 0) is 79.7 Å². The van der Waals surface area contributed by atoms with Gasteiger partial charge in [-0.15, -0.1) is 0 Å². The van der Waals surface area contributed by atoms with Gasteiger partial charge in [-0.25, -0.2) is 4.39 Å². The maximum absolute atomic E-state index is 13.6. The second kappa shape index (κ2) is 7.98. The van der Waals surface area contributed by atoms with E-state index in [-0.39, 0.29) is 10.8 Å². The van der Waals surface area contributed by atoms with Crippen molar-refractivity contribution in [3.05, 3.63) is 71.0 Å². The highest BCUT2D eigenvalue weighted by Crippen LogP contribution is 2.37. The zero-order chi connectivity index (χ0) is 16.9. The molecule has 0 radical (unpaired) electrons. The van der Waals surface area contributed by atoms with E-state index in [9.17, 15) is 4.39 Å². The molecule has 2 heteroatoms. The smallest absolute Gasteiger partial charge is 0.142 e. The van der Waals surface area contributed by atoms with Gasteiger partial charge in [-0.1, -0.05) is 54.1 Å². The van der Waals surface area contributed by atoms with E-state index in [1.807, 2.05) is 6.07 Å². The Labute approximate surface area is 149 Å². The topological polar surface area (TPSA) is 0 Å². The summed E-state index contributed by atoms with van der Waals surface area (Å²) in [4.78, 5) is 0. The van der Waals surface area contributed by atoms with Gasteiger partial charge < -0.3 is 0 Å². The average molecular weight is 343 g/mol. The van der Waals surface area contributed by atoms with Crippen LogP contribution in [0.2, 0.25) is 5.02 Å². The van der Waals surface area contributed by atoms with Gasteiger partial charge >= 0.3 is 0 Å². The summed E-state index contributed by atoms with van der Waals surface area (Å²) >= 11 is 5.76. The van der Waals surface area contributed by atoms with Gasteiger partial charge in [-0.3, -0.25) is 0 Å². The van der Waals surface area contributed by atoms with Gasteiger partial charge in [0.25, 0.3) is 0 Å². The fraction of sp³-hybridized carbons (Fsp3) is 0.364. The normalized spacial score (nSPS) is 21.3. The third-order valence-corrected chi connectivity index (χ3v) is 5.49. The highest BCUT2D eigenvalue weighted by molar-refractivity contribution is 6.30. The van der Waals surface area contributed by atoms with Crippen LogP contribution in [0.3, 0.4) is 0 Å². The molecule has 0 heterocycles. The molecule has 126 valence electrons. The van der Waals surface area contributed by atoms with E-state index in [1.54, 1.807) is 6.07 Å². The average Bonchev–Trinajstić information content (AvgIpc) is 2.63. The molecule has 1 fully saturated rings. The predicted molar refractivity (Wildman–Crippen MR) is 101 cm³/mol. The fourth-order valence-corrected chi connectivity index (χ4v) is 3.80. The largest absolute Gasteiger partial charge is 0.205 e. The van der Waals surface area contributed by atoms with Crippen molar-refractivity contribution in [3.8, 4) is 11.1 Å². The van der Waals surface area contributed by atoms with Crippen LogP contribution >= 0.6 is 11.6 Å². The lowest BCUT2D eigenvalue weighted by molar-refractivity contribution is 0.328. The van der Waals surface area contributed by atoms with Crippen molar-refractivity contribution in [2.75, 3.05) is 0 Å². The Kier molecular flexibility index (Phi) is 5.73. The summed E-state index contributed by atoms with van der Waals surface area (Å²) in [5, 5.41) is 0.171. The number of benzene rings is 2. The Morgan fingerprint density at radius 1 is 1.00 bits per heavy atom. The molecule has 3 rings (SSSR count). The number of rotatable bonds is 4. The van der Waals surface area contributed by atoms with Crippen LogP contribution in [-0.4, -0.2) is 0 Å². The van der Waals surface area contributed by atoms with Gasteiger partial charge in [-0.2, -0.15) is 0 Å². The first-order valence-electron chi connectivity index (χ1n) is 8.84. The van der Waals surface area contributed by atoms with Crippen molar-refractivity contribution >= 4 is 11.6 Å². The molecule has 0 N–H and O–H groups in total. The molecule has 0 bridgehead atoms. The van der Waals surface area contributed by atoms with Gasteiger partial charge in [0, 0.05) is 0 Å². The maximum atomic E-state index is 13.6. The molecule has 2 aromatic carbocycles.